The van der Waals surface area contributed by atoms with Gasteiger partial charge in [0.25, 0.3) is 0 Å². The van der Waals surface area contributed by atoms with E-state index >= 15 is 0 Å². The van der Waals surface area contributed by atoms with Crippen molar-refractivity contribution in [3.05, 3.63) is 35.6 Å². The average molecular weight is 232 g/mol. The maximum atomic E-state index is 13.6. The first kappa shape index (κ1) is 11.8. The van der Waals surface area contributed by atoms with E-state index in [1.54, 1.807) is 6.07 Å². The predicted octanol–water partition coefficient (Wildman–Crippen LogP) is 3.76. The highest BCUT2D eigenvalue weighted by Gasteiger charge is 2.07. The molecule has 1 heterocycles. The van der Waals surface area contributed by atoms with E-state index in [2.05, 4.69) is 24.1 Å². The van der Waals surface area contributed by atoms with Crippen LogP contribution >= 0.6 is 0 Å². The zero-order valence-corrected chi connectivity index (χ0v) is 10.3. The van der Waals surface area contributed by atoms with Gasteiger partial charge < -0.3 is 5.32 Å². The van der Waals surface area contributed by atoms with Crippen molar-refractivity contribution in [1.29, 1.82) is 0 Å². The molecule has 0 saturated heterocycles. The van der Waals surface area contributed by atoms with Crippen molar-refractivity contribution in [2.24, 2.45) is 0 Å². The van der Waals surface area contributed by atoms with Crippen LogP contribution in [0, 0.1) is 5.82 Å². The zero-order chi connectivity index (χ0) is 12.3. The number of fused-ring (bicyclic) bond motifs is 1. The summed E-state index contributed by atoms with van der Waals surface area (Å²) in [4.78, 5) is 4.40. The standard InChI is InChI=1S/C14H17FN2/c1-3-8-16-14-10(4-2)9-11-6-5-7-12(15)13(11)17-14/h5-7,9H,3-4,8H2,1-2H3,(H,16,17). The van der Waals surface area contributed by atoms with Crippen molar-refractivity contribution in [1.82, 2.24) is 4.98 Å². The topological polar surface area (TPSA) is 24.9 Å². The third kappa shape index (κ3) is 2.38. The summed E-state index contributed by atoms with van der Waals surface area (Å²) >= 11 is 0. The quantitative estimate of drug-likeness (QED) is 0.868. The van der Waals surface area contributed by atoms with Crippen LogP contribution in [0.3, 0.4) is 0 Å². The molecule has 0 atom stereocenters. The molecule has 2 rings (SSSR count). The Morgan fingerprint density at radius 1 is 1.29 bits per heavy atom. The normalized spacial score (nSPS) is 10.8. The lowest BCUT2D eigenvalue weighted by molar-refractivity contribution is 0.637. The molecule has 0 bridgehead atoms. The fraction of sp³-hybridized carbons (Fsp3) is 0.357. The van der Waals surface area contributed by atoms with Crippen molar-refractivity contribution in [3.8, 4) is 0 Å². The monoisotopic (exact) mass is 232 g/mol. The van der Waals surface area contributed by atoms with E-state index < -0.39 is 0 Å². The van der Waals surface area contributed by atoms with Crippen molar-refractivity contribution in [2.75, 3.05) is 11.9 Å². The third-order valence-electron chi connectivity index (χ3n) is 2.80. The fourth-order valence-corrected chi connectivity index (χ4v) is 1.87. The Morgan fingerprint density at radius 2 is 2.12 bits per heavy atom. The van der Waals surface area contributed by atoms with Gasteiger partial charge in [-0.25, -0.2) is 9.37 Å². The van der Waals surface area contributed by atoms with Crippen molar-refractivity contribution >= 4 is 16.7 Å². The molecular formula is C14H17FN2. The molecule has 0 unspecified atom stereocenters. The molecule has 2 aromatic rings. The molecule has 17 heavy (non-hydrogen) atoms. The minimum atomic E-state index is -0.260. The molecule has 0 aliphatic rings. The lowest BCUT2D eigenvalue weighted by Gasteiger charge is -2.11. The summed E-state index contributed by atoms with van der Waals surface area (Å²) in [7, 11) is 0. The molecule has 0 saturated carbocycles. The van der Waals surface area contributed by atoms with E-state index in [0.717, 1.165) is 36.2 Å². The highest BCUT2D eigenvalue weighted by atomic mass is 19.1. The molecule has 1 aromatic heterocycles. The Morgan fingerprint density at radius 3 is 2.82 bits per heavy atom. The van der Waals surface area contributed by atoms with E-state index in [-0.39, 0.29) is 5.82 Å². The minimum Gasteiger partial charge on any atom is -0.370 e. The fourth-order valence-electron chi connectivity index (χ4n) is 1.87. The number of hydrogen-bond acceptors (Lipinski definition) is 2. The van der Waals surface area contributed by atoms with Crippen LogP contribution in [0.1, 0.15) is 25.8 Å². The molecule has 1 aromatic carbocycles. The summed E-state index contributed by atoms with van der Waals surface area (Å²) in [6, 6.07) is 7.08. The van der Waals surface area contributed by atoms with Crippen LogP contribution in [0.2, 0.25) is 0 Å². The molecule has 90 valence electrons. The van der Waals surface area contributed by atoms with Crippen molar-refractivity contribution in [2.45, 2.75) is 26.7 Å². The highest BCUT2D eigenvalue weighted by Crippen LogP contribution is 2.22. The van der Waals surface area contributed by atoms with Gasteiger partial charge in [-0.1, -0.05) is 26.0 Å². The Kier molecular flexibility index (Phi) is 3.57. The number of aryl methyl sites for hydroxylation is 1. The van der Waals surface area contributed by atoms with E-state index in [1.165, 1.54) is 6.07 Å². The van der Waals surface area contributed by atoms with Crippen LogP contribution in [-0.2, 0) is 6.42 Å². The second-order valence-electron chi connectivity index (χ2n) is 4.09. The van der Waals surface area contributed by atoms with Gasteiger partial charge in [0.15, 0.2) is 0 Å². The highest BCUT2D eigenvalue weighted by molar-refractivity contribution is 5.82. The summed E-state index contributed by atoms with van der Waals surface area (Å²) < 4.78 is 13.6. The molecule has 0 aliphatic carbocycles. The summed E-state index contributed by atoms with van der Waals surface area (Å²) in [6.07, 6.45) is 1.92. The van der Waals surface area contributed by atoms with Gasteiger partial charge in [-0.2, -0.15) is 0 Å². The molecule has 0 aliphatic heterocycles. The minimum absolute atomic E-state index is 0.260. The van der Waals surface area contributed by atoms with E-state index in [1.807, 2.05) is 12.1 Å². The van der Waals surface area contributed by atoms with Crippen LogP contribution in [-0.4, -0.2) is 11.5 Å². The number of nitrogens with zero attached hydrogens (tertiary/aromatic N) is 1. The lowest BCUT2D eigenvalue weighted by atomic mass is 10.1. The number of hydrogen-bond donors (Lipinski definition) is 1. The summed E-state index contributed by atoms with van der Waals surface area (Å²) in [5.74, 6) is 0.552. The second-order valence-corrected chi connectivity index (χ2v) is 4.09. The molecule has 3 heteroatoms. The number of nitrogens with one attached hydrogen (secondary N) is 1. The molecule has 0 radical (unpaired) electrons. The van der Waals surface area contributed by atoms with E-state index in [4.69, 9.17) is 0 Å². The Hall–Kier alpha value is -1.64. The first-order valence-electron chi connectivity index (χ1n) is 6.08. The number of benzene rings is 1. The number of pyridine rings is 1. The number of aromatic nitrogens is 1. The van der Waals surface area contributed by atoms with Crippen molar-refractivity contribution in [3.63, 3.8) is 0 Å². The van der Waals surface area contributed by atoms with Crippen LogP contribution in [0.5, 0.6) is 0 Å². The maximum absolute atomic E-state index is 13.6. The largest absolute Gasteiger partial charge is 0.370 e. The summed E-state index contributed by atoms with van der Waals surface area (Å²) in [6.45, 7) is 5.04. The maximum Gasteiger partial charge on any atom is 0.149 e. The van der Waals surface area contributed by atoms with Gasteiger partial charge in [0, 0.05) is 11.9 Å². The van der Waals surface area contributed by atoms with Gasteiger partial charge in [-0.15, -0.1) is 0 Å². The number of halogens is 1. The van der Waals surface area contributed by atoms with Crippen molar-refractivity contribution < 1.29 is 4.39 Å². The first-order valence-corrected chi connectivity index (χ1v) is 6.08. The molecule has 0 spiro atoms. The smallest absolute Gasteiger partial charge is 0.149 e. The van der Waals surface area contributed by atoms with Gasteiger partial charge in [0.2, 0.25) is 0 Å². The molecule has 0 fully saturated rings. The molecule has 2 nitrogen and oxygen atoms in total. The summed E-state index contributed by atoms with van der Waals surface area (Å²) in [5.41, 5.74) is 1.58. The Labute approximate surface area is 101 Å². The Balaban J connectivity index is 2.53. The van der Waals surface area contributed by atoms with Crippen LogP contribution in [0.25, 0.3) is 10.9 Å². The summed E-state index contributed by atoms with van der Waals surface area (Å²) in [5, 5.41) is 4.12. The Bertz CT molecular complexity index is 523. The van der Waals surface area contributed by atoms with Gasteiger partial charge in [-0.05, 0) is 30.5 Å². The van der Waals surface area contributed by atoms with Gasteiger partial charge in [-0.3, -0.25) is 0 Å². The van der Waals surface area contributed by atoms with E-state index in [9.17, 15) is 4.39 Å². The number of anilines is 1. The molecule has 1 N–H and O–H groups in total. The zero-order valence-electron chi connectivity index (χ0n) is 10.3. The van der Waals surface area contributed by atoms with Gasteiger partial charge in [0.05, 0.1) is 0 Å². The third-order valence-corrected chi connectivity index (χ3v) is 2.80. The van der Waals surface area contributed by atoms with Crippen LogP contribution in [0.15, 0.2) is 24.3 Å². The first-order chi connectivity index (χ1) is 8.26. The van der Waals surface area contributed by atoms with Crippen LogP contribution in [0.4, 0.5) is 10.2 Å². The lowest BCUT2D eigenvalue weighted by Crippen LogP contribution is -2.05. The van der Waals surface area contributed by atoms with Gasteiger partial charge in [0.1, 0.15) is 17.2 Å². The van der Waals surface area contributed by atoms with Crippen LogP contribution < -0.4 is 5.32 Å². The van der Waals surface area contributed by atoms with Gasteiger partial charge >= 0.3 is 0 Å². The van der Waals surface area contributed by atoms with E-state index in [0.29, 0.717) is 5.52 Å². The SMILES string of the molecule is CCCNc1nc2c(F)cccc2cc1CC. The average Bonchev–Trinajstić information content (AvgIpc) is 2.36. The number of rotatable bonds is 4. The number of para-hydroxylation sites is 1. The molecular weight excluding hydrogens is 215 g/mol. The second kappa shape index (κ2) is 5.13. The predicted molar refractivity (Wildman–Crippen MR) is 69.9 cm³/mol. The molecule has 0 amide bonds.